The summed E-state index contributed by atoms with van der Waals surface area (Å²) in [7, 11) is 0. The van der Waals surface area contributed by atoms with Crippen LogP contribution in [0.15, 0.2) is 85.7 Å². The summed E-state index contributed by atoms with van der Waals surface area (Å²) in [5, 5.41) is 0. The van der Waals surface area contributed by atoms with E-state index in [-0.39, 0.29) is 5.82 Å². The Balaban J connectivity index is 1.83. The number of aromatic nitrogens is 1. The van der Waals surface area contributed by atoms with Gasteiger partial charge in [-0.15, -0.1) is 0 Å². The van der Waals surface area contributed by atoms with Crippen LogP contribution in [-0.2, 0) is 19.6 Å². The Morgan fingerprint density at radius 2 is 1.67 bits per heavy atom. The number of pyridine rings is 1. The van der Waals surface area contributed by atoms with E-state index in [0.29, 0.717) is 31.8 Å². The minimum absolute atomic E-state index is 0.190. The van der Waals surface area contributed by atoms with Crippen LogP contribution in [0.2, 0.25) is 0 Å². The number of hydrogen-bond donors (Lipinski definition) is 0. The number of halogens is 1. The van der Waals surface area contributed by atoms with Crippen LogP contribution in [0, 0.1) is 5.82 Å². The first kappa shape index (κ1) is 18.8. The Bertz CT molecular complexity index is 867. The van der Waals surface area contributed by atoms with Crippen molar-refractivity contribution < 1.29 is 9.13 Å². The van der Waals surface area contributed by atoms with E-state index >= 15 is 0 Å². The molecule has 0 radical (unpaired) electrons. The molecule has 4 heteroatoms. The normalized spacial score (nSPS) is 10.7. The molecule has 0 saturated carbocycles. The highest BCUT2D eigenvalue weighted by Crippen LogP contribution is 2.22. The fraction of sp³-hybridized carbons (Fsp3) is 0.174. The van der Waals surface area contributed by atoms with Crippen molar-refractivity contribution in [2.75, 3.05) is 6.61 Å². The third-order valence-electron chi connectivity index (χ3n) is 4.20. The van der Waals surface area contributed by atoms with Gasteiger partial charge in [-0.2, -0.15) is 0 Å². The van der Waals surface area contributed by atoms with Crippen molar-refractivity contribution >= 4 is 0 Å². The lowest BCUT2D eigenvalue weighted by molar-refractivity contribution is 0.238. The summed E-state index contributed by atoms with van der Waals surface area (Å²) in [6, 6.07) is 18.8. The SMILES string of the molecule is C=CCOc1ccccc1CN(Cc1cccnc1)Cc1ccccc1F. The fourth-order valence-electron chi connectivity index (χ4n) is 2.95. The molecule has 1 heterocycles. The fourth-order valence-corrected chi connectivity index (χ4v) is 2.95. The van der Waals surface area contributed by atoms with Gasteiger partial charge in [0.15, 0.2) is 0 Å². The summed E-state index contributed by atoms with van der Waals surface area (Å²) in [4.78, 5) is 6.38. The van der Waals surface area contributed by atoms with Crippen LogP contribution >= 0.6 is 0 Å². The molecule has 0 atom stereocenters. The zero-order valence-electron chi connectivity index (χ0n) is 15.2. The van der Waals surface area contributed by atoms with Gasteiger partial charge in [-0.25, -0.2) is 4.39 Å². The Labute approximate surface area is 159 Å². The topological polar surface area (TPSA) is 25.4 Å². The zero-order chi connectivity index (χ0) is 18.9. The molecule has 0 aliphatic carbocycles. The van der Waals surface area contributed by atoms with Gasteiger partial charge in [-0.05, 0) is 23.8 Å². The lowest BCUT2D eigenvalue weighted by Gasteiger charge is -2.24. The van der Waals surface area contributed by atoms with Crippen molar-refractivity contribution in [3.8, 4) is 5.75 Å². The van der Waals surface area contributed by atoms with E-state index in [1.165, 1.54) is 6.07 Å². The maximum Gasteiger partial charge on any atom is 0.127 e. The predicted octanol–water partition coefficient (Wildman–Crippen LogP) is 4.99. The maximum atomic E-state index is 14.2. The Kier molecular flexibility index (Phi) is 6.72. The summed E-state index contributed by atoms with van der Waals surface area (Å²) in [6.07, 6.45) is 5.32. The average Bonchev–Trinajstić information content (AvgIpc) is 2.70. The first-order valence-corrected chi connectivity index (χ1v) is 8.92. The van der Waals surface area contributed by atoms with Gasteiger partial charge in [-0.1, -0.05) is 55.1 Å². The Hall–Kier alpha value is -2.98. The van der Waals surface area contributed by atoms with E-state index in [4.69, 9.17) is 4.74 Å². The number of hydrogen-bond acceptors (Lipinski definition) is 3. The van der Waals surface area contributed by atoms with Gasteiger partial charge in [-0.3, -0.25) is 9.88 Å². The van der Waals surface area contributed by atoms with E-state index in [1.54, 1.807) is 18.3 Å². The van der Waals surface area contributed by atoms with Gasteiger partial charge in [0.25, 0.3) is 0 Å². The maximum absolute atomic E-state index is 14.2. The monoisotopic (exact) mass is 362 g/mol. The van der Waals surface area contributed by atoms with Crippen molar-refractivity contribution in [2.24, 2.45) is 0 Å². The Morgan fingerprint density at radius 3 is 2.41 bits per heavy atom. The van der Waals surface area contributed by atoms with Crippen LogP contribution < -0.4 is 4.74 Å². The lowest BCUT2D eigenvalue weighted by atomic mass is 10.1. The van der Waals surface area contributed by atoms with Crippen LogP contribution in [-0.4, -0.2) is 16.5 Å². The van der Waals surface area contributed by atoms with Gasteiger partial charge < -0.3 is 4.74 Å². The molecule has 27 heavy (non-hydrogen) atoms. The van der Waals surface area contributed by atoms with E-state index in [1.807, 2.05) is 54.7 Å². The molecule has 0 amide bonds. The Morgan fingerprint density at radius 1 is 0.926 bits per heavy atom. The molecule has 0 N–H and O–H groups in total. The summed E-state index contributed by atoms with van der Waals surface area (Å²) in [5.41, 5.74) is 2.81. The molecule has 2 aromatic carbocycles. The summed E-state index contributed by atoms with van der Waals surface area (Å²) < 4.78 is 20.0. The van der Waals surface area contributed by atoms with Crippen LogP contribution in [0.1, 0.15) is 16.7 Å². The van der Waals surface area contributed by atoms with Crippen molar-refractivity contribution in [3.63, 3.8) is 0 Å². The van der Waals surface area contributed by atoms with Crippen LogP contribution in [0.3, 0.4) is 0 Å². The highest BCUT2D eigenvalue weighted by Gasteiger charge is 2.13. The van der Waals surface area contributed by atoms with Gasteiger partial charge in [0, 0.05) is 43.2 Å². The van der Waals surface area contributed by atoms with Gasteiger partial charge in [0.05, 0.1) is 0 Å². The highest BCUT2D eigenvalue weighted by atomic mass is 19.1. The van der Waals surface area contributed by atoms with Crippen LogP contribution in [0.25, 0.3) is 0 Å². The first-order chi connectivity index (χ1) is 13.3. The summed E-state index contributed by atoms with van der Waals surface area (Å²) in [5.74, 6) is 0.631. The van der Waals surface area contributed by atoms with Crippen LogP contribution in [0.4, 0.5) is 4.39 Å². The number of ether oxygens (including phenoxy) is 1. The van der Waals surface area contributed by atoms with Gasteiger partial charge >= 0.3 is 0 Å². The second kappa shape index (κ2) is 9.64. The molecule has 0 spiro atoms. The highest BCUT2D eigenvalue weighted by molar-refractivity contribution is 5.33. The van der Waals surface area contributed by atoms with Crippen LogP contribution in [0.5, 0.6) is 5.75 Å². The number of rotatable bonds is 9. The van der Waals surface area contributed by atoms with Gasteiger partial charge in [0.1, 0.15) is 18.2 Å². The number of benzene rings is 2. The average molecular weight is 362 g/mol. The number of nitrogens with zero attached hydrogens (tertiary/aromatic N) is 2. The van der Waals surface area contributed by atoms with E-state index in [0.717, 1.165) is 16.9 Å². The van der Waals surface area contributed by atoms with Crippen molar-refractivity contribution in [1.29, 1.82) is 0 Å². The predicted molar refractivity (Wildman–Crippen MR) is 106 cm³/mol. The second-order valence-electron chi connectivity index (χ2n) is 6.31. The third-order valence-corrected chi connectivity index (χ3v) is 4.20. The molecular formula is C23H23FN2O. The molecule has 138 valence electrons. The standard InChI is InChI=1S/C23H23FN2O/c1-2-14-27-23-12-6-4-10-21(23)18-26(16-19-8-7-13-25-15-19)17-20-9-3-5-11-22(20)24/h2-13,15H,1,14,16-18H2. The second-order valence-corrected chi connectivity index (χ2v) is 6.31. The zero-order valence-corrected chi connectivity index (χ0v) is 15.2. The molecule has 0 unspecified atom stereocenters. The molecular weight excluding hydrogens is 339 g/mol. The van der Waals surface area contributed by atoms with Crippen molar-refractivity contribution in [3.05, 3.63) is 108 Å². The quantitative estimate of drug-likeness (QED) is 0.502. The molecule has 1 aromatic heterocycles. The number of para-hydroxylation sites is 1. The third kappa shape index (κ3) is 5.50. The summed E-state index contributed by atoms with van der Waals surface area (Å²) in [6.45, 7) is 5.95. The van der Waals surface area contributed by atoms with Crippen molar-refractivity contribution in [2.45, 2.75) is 19.6 Å². The molecule has 0 aliphatic heterocycles. The molecule has 0 bridgehead atoms. The molecule has 3 nitrogen and oxygen atoms in total. The van der Waals surface area contributed by atoms with E-state index < -0.39 is 0 Å². The lowest BCUT2D eigenvalue weighted by Crippen LogP contribution is -2.23. The molecule has 0 saturated heterocycles. The van der Waals surface area contributed by atoms with Gasteiger partial charge in [0.2, 0.25) is 0 Å². The largest absolute Gasteiger partial charge is 0.489 e. The summed E-state index contributed by atoms with van der Waals surface area (Å²) >= 11 is 0. The van der Waals surface area contributed by atoms with E-state index in [9.17, 15) is 4.39 Å². The van der Waals surface area contributed by atoms with Crippen molar-refractivity contribution in [1.82, 2.24) is 9.88 Å². The minimum Gasteiger partial charge on any atom is -0.489 e. The molecule has 3 aromatic rings. The smallest absolute Gasteiger partial charge is 0.127 e. The molecule has 0 fully saturated rings. The first-order valence-electron chi connectivity index (χ1n) is 8.92. The minimum atomic E-state index is -0.190. The molecule has 0 aliphatic rings. The molecule has 3 rings (SSSR count). The van der Waals surface area contributed by atoms with E-state index in [2.05, 4.69) is 16.5 Å².